The molecule has 0 radical (unpaired) electrons. The van der Waals surface area contributed by atoms with Gasteiger partial charge < -0.3 is 18.6 Å². The Labute approximate surface area is 264 Å². The van der Waals surface area contributed by atoms with Crippen LogP contribution in [0.5, 0.6) is 23.0 Å². The quantitative estimate of drug-likeness (QED) is 0.187. The Balaban J connectivity index is 1.30. The van der Waals surface area contributed by atoms with Crippen molar-refractivity contribution in [3.05, 3.63) is 109 Å². The molecule has 2 aliphatic heterocycles. The minimum atomic E-state index is 0.879. The van der Waals surface area contributed by atoms with Crippen molar-refractivity contribution in [1.29, 1.82) is 0 Å². The Morgan fingerprint density at radius 2 is 0.826 bits per heavy atom. The molecule has 0 saturated carbocycles. The predicted molar refractivity (Wildman–Crippen MR) is 190 cm³/mol. The maximum absolute atomic E-state index is 7.02. The molecule has 0 N–H and O–H groups in total. The van der Waals surface area contributed by atoms with E-state index in [1.54, 1.807) is 0 Å². The highest BCUT2D eigenvalue weighted by Gasteiger charge is 2.33. The molecule has 0 amide bonds. The van der Waals surface area contributed by atoms with Crippen LogP contribution in [0.15, 0.2) is 109 Å². The van der Waals surface area contributed by atoms with Crippen LogP contribution in [0.3, 0.4) is 0 Å². The minimum absolute atomic E-state index is 0.879. The van der Waals surface area contributed by atoms with Crippen LogP contribution in [0.2, 0.25) is 0 Å². The number of hydrogen-bond acceptors (Lipinski definition) is 2. The number of aromatic nitrogens is 2. The van der Waals surface area contributed by atoms with Crippen LogP contribution >= 0.6 is 0 Å². The summed E-state index contributed by atoms with van der Waals surface area (Å²) in [5.74, 6) is 3.63. The molecule has 0 aliphatic carbocycles. The number of fused-ring (bicyclic) bond motifs is 15. The molecule has 7 aromatic carbocycles. The summed E-state index contributed by atoms with van der Waals surface area (Å²) in [5, 5.41) is 9.51. The molecule has 0 bridgehead atoms. The van der Waals surface area contributed by atoms with E-state index in [-0.39, 0.29) is 0 Å². The summed E-state index contributed by atoms with van der Waals surface area (Å²) in [6, 6.07) is 39.6. The number of benzene rings is 7. The normalized spacial score (nSPS) is 13.1. The standard InChI is InChI=1S/C42H28N2O2/c1-3-43-29-15-9-7-13-25(29)37-31(43)19-17-27-35-23-11-5-6-12-24(23)36-28-18-20-32-38(26-14-8-10-16-30(26)44(32)4-2)42(28)46-34-22-21-33(45-41(27)37)39(35)40(34)36/h5-22H,3-4H2,1-2H3. The highest BCUT2D eigenvalue weighted by molar-refractivity contribution is 6.29. The molecule has 0 saturated heterocycles. The summed E-state index contributed by atoms with van der Waals surface area (Å²) >= 11 is 0. The van der Waals surface area contributed by atoms with Gasteiger partial charge >= 0.3 is 0 Å². The van der Waals surface area contributed by atoms with Crippen LogP contribution in [-0.2, 0) is 13.1 Å². The molecule has 0 spiro atoms. The fourth-order valence-electron chi connectivity index (χ4n) is 8.70. The zero-order chi connectivity index (χ0) is 30.3. The molecule has 46 heavy (non-hydrogen) atoms. The van der Waals surface area contributed by atoms with Gasteiger partial charge in [-0.05, 0) is 73.2 Å². The van der Waals surface area contributed by atoms with Gasteiger partial charge in [0.05, 0.1) is 21.8 Å². The topological polar surface area (TPSA) is 28.3 Å². The number of rotatable bonds is 2. The van der Waals surface area contributed by atoms with Crippen LogP contribution in [0, 0.1) is 0 Å². The zero-order valence-electron chi connectivity index (χ0n) is 25.5. The summed E-state index contributed by atoms with van der Waals surface area (Å²) in [7, 11) is 0. The molecule has 2 aromatic heterocycles. The Hall–Kier alpha value is -5.74. The highest BCUT2D eigenvalue weighted by Crippen LogP contribution is 2.60. The number of para-hydroxylation sites is 2. The molecule has 4 heterocycles. The lowest BCUT2D eigenvalue weighted by atomic mass is 9.82. The Morgan fingerprint density at radius 3 is 1.26 bits per heavy atom. The van der Waals surface area contributed by atoms with Crippen molar-refractivity contribution in [1.82, 2.24) is 9.13 Å². The van der Waals surface area contributed by atoms with E-state index in [1.165, 1.54) is 65.5 Å². The van der Waals surface area contributed by atoms with Gasteiger partial charge in [0.1, 0.15) is 23.0 Å². The summed E-state index contributed by atoms with van der Waals surface area (Å²) in [6.07, 6.45) is 0. The van der Waals surface area contributed by atoms with Gasteiger partial charge in [-0.25, -0.2) is 0 Å². The van der Waals surface area contributed by atoms with Gasteiger partial charge in [0.2, 0.25) is 0 Å². The molecule has 4 heteroatoms. The predicted octanol–water partition coefficient (Wildman–Crippen LogP) is 11.8. The van der Waals surface area contributed by atoms with Crippen molar-refractivity contribution < 1.29 is 9.47 Å². The summed E-state index contributed by atoms with van der Waals surface area (Å²) in [6.45, 7) is 6.21. The van der Waals surface area contributed by atoms with Crippen molar-refractivity contribution in [2.24, 2.45) is 0 Å². The second-order valence-electron chi connectivity index (χ2n) is 12.5. The fourth-order valence-corrected chi connectivity index (χ4v) is 8.70. The van der Waals surface area contributed by atoms with Gasteiger partial charge in [0, 0.05) is 67.9 Å². The molecule has 218 valence electrons. The Kier molecular flexibility index (Phi) is 4.54. The molecular weight excluding hydrogens is 564 g/mol. The lowest BCUT2D eigenvalue weighted by Crippen LogP contribution is -2.05. The second-order valence-corrected chi connectivity index (χ2v) is 12.5. The fraction of sp³-hybridized carbons (Fsp3) is 0.0952. The zero-order valence-corrected chi connectivity index (χ0v) is 25.5. The first-order chi connectivity index (χ1) is 22.8. The molecular formula is C42H28N2O2. The van der Waals surface area contributed by atoms with Gasteiger partial charge in [0.25, 0.3) is 0 Å². The minimum Gasteiger partial charge on any atom is -0.455 e. The second kappa shape index (κ2) is 8.49. The molecule has 11 rings (SSSR count). The SMILES string of the molecule is CCn1c2ccccc2c2c3c(ccc21)-c1c2ccccc2c2c4c(ccc(c14)O3)Oc1c-2ccc2c1c1ccccc1n2CC. The van der Waals surface area contributed by atoms with Crippen LogP contribution < -0.4 is 9.47 Å². The number of hydrogen-bond donors (Lipinski definition) is 0. The first-order valence-corrected chi connectivity index (χ1v) is 16.2. The van der Waals surface area contributed by atoms with E-state index in [1.807, 2.05) is 0 Å². The molecule has 2 aliphatic rings. The molecule has 4 nitrogen and oxygen atoms in total. The van der Waals surface area contributed by atoms with E-state index in [0.717, 1.165) is 58.0 Å². The maximum atomic E-state index is 7.02. The summed E-state index contributed by atoms with van der Waals surface area (Å²) in [4.78, 5) is 0. The van der Waals surface area contributed by atoms with Crippen LogP contribution in [-0.4, -0.2) is 9.13 Å². The van der Waals surface area contributed by atoms with E-state index in [2.05, 4.69) is 132 Å². The lowest BCUT2D eigenvalue weighted by Gasteiger charge is -2.30. The lowest BCUT2D eigenvalue weighted by molar-refractivity contribution is 0.481. The number of aryl methyl sites for hydroxylation is 2. The molecule has 0 fully saturated rings. The Bertz CT molecular complexity index is 2640. The van der Waals surface area contributed by atoms with Crippen molar-refractivity contribution in [2.75, 3.05) is 0 Å². The van der Waals surface area contributed by atoms with Crippen molar-refractivity contribution in [3.63, 3.8) is 0 Å². The van der Waals surface area contributed by atoms with Gasteiger partial charge in [0.15, 0.2) is 0 Å². The maximum Gasteiger partial charge on any atom is 0.145 e. The van der Waals surface area contributed by atoms with Crippen LogP contribution in [0.1, 0.15) is 13.8 Å². The van der Waals surface area contributed by atoms with E-state index in [4.69, 9.17) is 9.47 Å². The van der Waals surface area contributed by atoms with Gasteiger partial charge in [-0.1, -0.05) is 60.7 Å². The van der Waals surface area contributed by atoms with Gasteiger partial charge in [-0.15, -0.1) is 0 Å². The third-order valence-electron chi connectivity index (χ3n) is 10.5. The van der Waals surface area contributed by atoms with Gasteiger partial charge in [-0.3, -0.25) is 0 Å². The first-order valence-electron chi connectivity index (χ1n) is 16.2. The monoisotopic (exact) mass is 592 g/mol. The smallest absolute Gasteiger partial charge is 0.145 e. The third kappa shape index (κ3) is 2.78. The van der Waals surface area contributed by atoms with Crippen molar-refractivity contribution >= 4 is 65.2 Å². The average Bonchev–Trinajstić information content (AvgIpc) is 3.62. The van der Waals surface area contributed by atoms with E-state index in [9.17, 15) is 0 Å². The number of ether oxygens (including phenoxy) is 2. The van der Waals surface area contributed by atoms with Crippen LogP contribution in [0.25, 0.3) is 87.4 Å². The summed E-state index contributed by atoms with van der Waals surface area (Å²) < 4.78 is 18.8. The van der Waals surface area contributed by atoms with E-state index >= 15 is 0 Å². The van der Waals surface area contributed by atoms with E-state index < -0.39 is 0 Å². The number of nitrogens with zero attached hydrogens (tertiary/aromatic N) is 2. The van der Waals surface area contributed by atoms with Gasteiger partial charge in [-0.2, -0.15) is 0 Å². The molecule has 9 aromatic rings. The van der Waals surface area contributed by atoms with Crippen molar-refractivity contribution in [3.8, 4) is 45.3 Å². The molecule has 0 unspecified atom stereocenters. The first kappa shape index (κ1) is 24.6. The van der Waals surface area contributed by atoms with Crippen molar-refractivity contribution in [2.45, 2.75) is 26.9 Å². The largest absolute Gasteiger partial charge is 0.455 e. The average molecular weight is 593 g/mol. The van der Waals surface area contributed by atoms with E-state index in [0.29, 0.717) is 0 Å². The highest BCUT2D eigenvalue weighted by atomic mass is 16.5. The summed E-state index contributed by atoms with van der Waals surface area (Å²) in [5.41, 5.74) is 9.58. The Morgan fingerprint density at radius 1 is 0.413 bits per heavy atom. The third-order valence-corrected chi connectivity index (χ3v) is 10.5. The molecule has 0 atom stereocenters. The van der Waals surface area contributed by atoms with Crippen LogP contribution in [0.4, 0.5) is 0 Å².